The predicted octanol–water partition coefficient (Wildman–Crippen LogP) is 4.13. The Morgan fingerprint density at radius 2 is 1.88 bits per heavy atom. The lowest BCUT2D eigenvalue weighted by molar-refractivity contribution is -0.126. The fourth-order valence-corrected chi connectivity index (χ4v) is 3.88. The number of nitrogens with zero attached hydrogens (tertiary/aromatic N) is 1. The molecule has 2 amide bonds. The highest BCUT2D eigenvalue weighted by Crippen LogP contribution is 2.22. The summed E-state index contributed by atoms with van der Waals surface area (Å²) in [6.45, 7) is 3.23. The number of hydrogen-bond donors (Lipinski definition) is 1. The lowest BCUT2D eigenvalue weighted by atomic mass is 9.95. The minimum atomic E-state index is -0.0597. The van der Waals surface area contributed by atoms with Crippen LogP contribution in [0.3, 0.4) is 0 Å². The number of likely N-dealkylation sites (tertiary alicyclic amines) is 1. The van der Waals surface area contributed by atoms with E-state index < -0.39 is 0 Å². The third kappa shape index (κ3) is 4.41. The molecule has 0 unspecified atom stereocenters. The van der Waals surface area contributed by atoms with Gasteiger partial charge in [-0.15, -0.1) is 11.3 Å². The van der Waals surface area contributed by atoms with Gasteiger partial charge in [0.25, 0.3) is 5.91 Å². The Bertz CT molecular complexity index is 722. The molecular weight excluding hydrogens is 356 g/mol. The van der Waals surface area contributed by atoms with E-state index in [0.29, 0.717) is 31.0 Å². The molecule has 4 nitrogen and oxygen atoms in total. The van der Waals surface area contributed by atoms with Gasteiger partial charge in [0.2, 0.25) is 5.91 Å². The molecule has 0 radical (unpaired) electrons. The van der Waals surface area contributed by atoms with Crippen LogP contribution < -0.4 is 5.32 Å². The highest BCUT2D eigenvalue weighted by atomic mass is 35.5. The third-order valence-electron chi connectivity index (χ3n) is 4.61. The topological polar surface area (TPSA) is 49.4 Å². The van der Waals surface area contributed by atoms with E-state index in [9.17, 15) is 9.59 Å². The van der Waals surface area contributed by atoms with Gasteiger partial charge in [0, 0.05) is 24.0 Å². The summed E-state index contributed by atoms with van der Waals surface area (Å²) in [6, 6.07) is 11.2. The van der Waals surface area contributed by atoms with Crippen molar-refractivity contribution in [3.05, 3.63) is 57.2 Å². The molecule has 1 fully saturated rings. The molecule has 2 aromatic rings. The number of rotatable bonds is 4. The Kier molecular flexibility index (Phi) is 5.76. The molecule has 6 heteroatoms. The Balaban J connectivity index is 1.51. The number of thiophene rings is 1. The molecule has 0 aliphatic carbocycles. The fraction of sp³-hybridized carbons (Fsp3) is 0.368. The maximum atomic E-state index is 12.5. The van der Waals surface area contributed by atoms with E-state index in [-0.39, 0.29) is 23.8 Å². The first-order chi connectivity index (χ1) is 12.0. The molecule has 1 aliphatic heterocycles. The summed E-state index contributed by atoms with van der Waals surface area (Å²) in [4.78, 5) is 27.5. The van der Waals surface area contributed by atoms with Crippen molar-refractivity contribution < 1.29 is 9.59 Å². The highest BCUT2D eigenvalue weighted by Gasteiger charge is 2.28. The van der Waals surface area contributed by atoms with E-state index in [0.717, 1.165) is 10.4 Å². The second kappa shape index (κ2) is 8.02. The zero-order valence-electron chi connectivity index (χ0n) is 14.1. The van der Waals surface area contributed by atoms with Gasteiger partial charge in [0.05, 0.1) is 10.9 Å². The van der Waals surface area contributed by atoms with Crippen LogP contribution >= 0.6 is 22.9 Å². The molecule has 1 saturated heterocycles. The Morgan fingerprint density at radius 1 is 1.20 bits per heavy atom. The maximum Gasteiger partial charge on any atom is 0.263 e. The lowest BCUT2D eigenvalue weighted by Crippen LogP contribution is -2.43. The molecule has 0 saturated carbocycles. The normalized spacial score (nSPS) is 16.5. The molecule has 1 aliphatic rings. The van der Waals surface area contributed by atoms with Crippen molar-refractivity contribution in [3.63, 3.8) is 0 Å². The summed E-state index contributed by atoms with van der Waals surface area (Å²) >= 11 is 7.36. The van der Waals surface area contributed by atoms with Crippen molar-refractivity contribution in [2.24, 2.45) is 5.92 Å². The number of amides is 2. The van der Waals surface area contributed by atoms with E-state index >= 15 is 0 Å². The standard InChI is InChI=1S/C19H21ClN2O2S/c1-13(14-4-6-16(20)7-5-14)21-18(23)15-8-10-22(11-9-15)19(24)17-3-2-12-25-17/h2-7,12-13,15H,8-11H2,1H3,(H,21,23)/t13-/m1/s1. The molecule has 132 valence electrons. The molecule has 2 heterocycles. The van der Waals surface area contributed by atoms with Crippen molar-refractivity contribution in [2.45, 2.75) is 25.8 Å². The van der Waals surface area contributed by atoms with Crippen molar-refractivity contribution in [1.82, 2.24) is 10.2 Å². The molecule has 1 aromatic heterocycles. The van der Waals surface area contributed by atoms with E-state index in [1.165, 1.54) is 11.3 Å². The molecular formula is C19H21ClN2O2S. The van der Waals surface area contributed by atoms with Crippen LogP contribution in [0, 0.1) is 5.92 Å². The number of hydrogen-bond acceptors (Lipinski definition) is 3. The fourth-order valence-electron chi connectivity index (χ4n) is 3.07. The molecule has 3 rings (SSSR count). The van der Waals surface area contributed by atoms with Gasteiger partial charge in [-0.3, -0.25) is 9.59 Å². The molecule has 0 spiro atoms. The minimum Gasteiger partial charge on any atom is -0.349 e. The predicted molar refractivity (Wildman–Crippen MR) is 101 cm³/mol. The molecule has 1 N–H and O–H groups in total. The Hall–Kier alpha value is -1.85. The van der Waals surface area contributed by atoms with Crippen molar-refractivity contribution in [3.8, 4) is 0 Å². The van der Waals surface area contributed by atoms with Crippen LogP contribution in [0.25, 0.3) is 0 Å². The zero-order chi connectivity index (χ0) is 17.8. The quantitative estimate of drug-likeness (QED) is 0.872. The second-order valence-corrected chi connectivity index (χ2v) is 7.71. The number of benzene rings is 1. The first-order valence-electron chi connectivity index (χ1n) is 8.43. The molecule has 1 atom stereocenters. The van der Waals surface area contributed by atoms with Gasteiger partial charge in [-0.1, -0.05) is 29.8 Å². The van der Waals surface area contributed by atoms with E-state index in [4.69, 9.17) is 11.6 Å². The Morgan fingerprint density at radius 3 is 2.48 bits per heavy atom. The van der Waals surface area contributed by atoms with Crippen molar-refractivity contribution in [1.29, 1.82) is 0 Å². The summed E-state index contributed by atoms with van der Waals surface area (Å²) in [6.07, 6.45) is 1.41. The maximum absolute atomic E-state index is 12.5. The van der Waals surface area contributed by atoms with Crippen LogP contribution in [0.15, 0.2) is 41.8 Å². The summed E-state index contributed by atoms with van der Waals surface area (Å²) in [7, 11) is 0. The molecule has 1 aromatic carbocycles. The largest absolute Gasteiger partial charge is 0.349 e. The minimum absolute atomic E-state index is 0.0397. The van der Waals surface area contributed by atoms with Crippen molar-refractivity contribution in [2.75, 3.05) is 13.1 Å². The number of halogens is 1. The Labute approximate surface area is 156 Å². The summed E-state index contributed by atoms with van der Waals surface area (Å²) < 4.78 is 0. The van der Waals surface area contributed by atoms with Crippen LogP contribution in [0.5, 0.6) is 0 Å². The van der Waals surface area contributed by atoms with Crippen LogP contribution in [0.1, 0.15) is 41.0 Å². The number of carbonyl (C=O) groups excluding carboxylic acids is 2. The smallest absolute Gasteiger partial charge is 0.263 e. The van der Waals surface area contributed by atoms with Crippen molar-refractivity contribution >= 4 is 34.8 Å². The number of piperidine rings is 1. The average molecular weight is 377 g/mol. The van der Waals surface area contributed by atoms with E-state index in [1.54, 1.807) is 0 Å². The van der Waals surface area contributed by atoms with Crippen LogP contribution in [0.2, 0.25) is 5.02 Å². The summed E-state index contributed by atoms with van der Waals surface area (Å²) in [5, 5.41) is 5.67. The van der Waals surface area contributed by atoms with E-state index in [1.807, 2.05) is 53.6 Å². The van der Waals surface area contributed by atoms with E-state index in [2.05, 4.69) is 5.32 Å². The first-order valence-corrected chi connectivity index (χ1v) is 9.69. The lowest BCUT2D eigenvalue weighted by Gasteiger charge is -2.31. The summed E-state index contributed by atoms with van der Waals surface area (Å²) in [5.74, 6) is 0.0937. The van der Waals surface area contributed by atoms with Gasteiger partial charge in [0.15, 0.2) is 0 Å². The molecule has 0 bridgehead atoms. The average Bonchev–Trinajstić information content (AvgIpc) is 3.16. The SMILES string of the molecule is C[C@@H](NC(=O)C1CCN(C(=O)c2cccs2)CC1)c1ccc(Cl)cc1. The highest BCUT2D eigenvalue weighted by molar-refractivity contribution is 7.12. The van der Waals surface area contributed by atoms with Gasteiger partial charge in [-0.05, 0) is 48.9 Å². The van der Waals surface area contributed by atoms with Gasteiger partial charge >= 0.3 is 0 Å². The zero-order valence-corrected chi connectivity index (χ0v) is 15.6. The van der Waals surface area contributed by atoms with Crippen LogP contribution in [0.4, 0.5) is 0 Å². The summed E-state index contributed by atoms with van der Waals surface area (Å²) in [5.41, 5.74) is 1.03. The van der Waals surface area contributed by atoms with Gasteiger partial charge in [-0.2, -0.15) is 0 Å². The van der Waals surface area contributed by atoms with Gasteiger partial charge in [0.1, 0.15) is 0 Å². The van der Waals surface area contributed by atoms with Gasteiger partial charge < -0.3 is 10.2 Å². The van der Waals surface area contributed by atoms with Crippen LogP contribution in [-0.2, 0) is 4.79 Å². The second-order valence-electron chi connectivity index (χ2n) is 6.33. The number of carbonyl (C=O) groups is 2. The number of nitrogens with one attached hydrogen (secondary N) is 1. The van der Waals surface area contributed by atoms with Crippen LogP contribution in [-0.4, -0.2) is 29.8 Å². The third-order valence-corrected chi connectivity index (χ3v) is 5.72. The van der Waals surface area contributed by atoms with Gasteiger partial charge in [-0.25, -0.2) is 0 Å². The molecule has 25 heavy (non-hydrogen) atoms. The first kappa shape index (κ1) is 18.0. The monoisotopic (exact) mass is 376 g/mol.